The van der Waals surface area contributed by atoms with E-state index in [1.165, 1.54) is 0 Å². The van der Waals surface area contributed by atoms with Crippen molar-refractivity contribution in [3.8, 4) is 11.8 Å². The minimum atomic E-state index is 0.0825. The Morgan fingerprint density at radius 3 is 2.87 bits per heavy atom. The van der Waals surface area contributed by atoms with Crippen LogP contribution < -0.4 is 10.1 Å². The lowest BCUT2D eigenvalue weighted by Crippen LogP contribution is -2.14. The molecule has 1 N–H and O–H groups in total. The van der Waals surface area contributed by atoms with E-state index in [0.717, 1.165) is 17.9 Å². The van der Waals surface area contributed by atoms with Crippen LogP contribution in [-0.4, -0.2) is 12.6 Å². The normalized spacial score (nSPS) is 11.5. The molecule has 1 aromatic carbocycles. The Hall–Kier alpha value is -1.69. The Balaban J connectivity index is 2.73. The molecule has 0 saturated heterocycles. The van der Waals surface area contributed by atoms with E-state index in [-0.39, 0.29) is 6.61 Å². The maximum atomic E-state index is 8.45. The third-order valence-corrected chi connectivity index (χ3v) is 2.19. The number of hydrogen-bond acceptors (Lipinski definition) is 3. The number of rotatable bonds is 5. The number of nitrogens with one attached hydrogen (secondary N) is 1. The van der Waals surface area contributed by atoms with E-state index >= 15 is 0 Å². The summed E-state index contributed by atoms with van der Waals surface area (Å²) >= 11 is 0. The van der Waals surface area contributed by atoms with Crippen LogP contribution in [0.15, 0.2) is 24.3 Å². The van der Waals surface area contributed by atoms with Gasteiger partial charge in [-0.2, -0.15) is 5.26 Å². The number of ether oxygens (including phenoxy) is 1. The van der Waals surface area contributed by atoms with Crippen molar-refractivity contribution in [3.63, 3.8) is 0 Å². The first-order valence-corrected chi connectivity index (χ1v) is 5.13. The van der Waals surface area contributed by atoms with Gasteiger partial charge in [0.05, 0.1) is 5.69 Å². The van der Waals surface area contributed by atoms with Gasteiger partial charge in [-0.1, -0.05) is 19.1 Å². The summed E-state index contributed by atoms with van der Waals surface area (Å²) in [7, 11) is 0. The molecule has 0 bridgehead atoms. The molecule has 0 spiro atoms. The van der Waals surface area contributed by atoms with Crippen molar-refractivity contribution < 1.29 is 4.74 Å². The zero-order valence-electron chi connectivity index (χ0n) is 9.16. The van der Waals surface area contributed by atoms with Crippen molar-refractivity contribution in [1.29, 1.82) is 5.26 Å². The van der Waals surface area contributed by atoms with Gasteiger partial charge in [0.2, 0.25) is 0 Å². The predicted octanol–water partition coefficient (Wildman–Crippen LogP) is 2.80. The molecule has 0 fully saturated rings. The molecule has 0 aliphatic heterocycles. The minimum absolute atomic E-state index is 0.0825. The van der Waals surface area contributed by atoms with Crippen LogP contribution in [0.2, 0.25) is 0 Å². The molecule has 80 valence electrons. The summed E-state index contributed by atoms with van der Waals surface area (Å²) in [5.74, 6) is 0.736. The molecule has 1 atom stereocenters. The highest BCUT2D eigenvalue weighted by molar-refractivity contribution is 5.56. The molecule has 15 heavy (non-hydrogen) atoms. The van der Waals surface area contributed by atoms with E-state index < -0.39 is 0 Å². The Morgan fingerprint density at radius 2 is 2.20 bits per heavy atom. The Kier molecular flexibility index (Phi) is 4.49. The van der Waals surface area contributed by atoms with Gasteiger partial charge in [0, 0.05) is 6.04 Å². The third-order valence-electron chi connectivity index (χ3n) is 2.19. The van der Waals surface area contributed by atoms with Crippen molar-refractivity contribution >= 4 is 5.69 Å². The van der Waals surface area contributed by atoms with E-state index in [4.69, 9.17) is 10.00 Å². The largest absolute Gasteiger partial charge is 0.477 e. The Bertz CT molecular complexity index is 344. The Morgan fingerprint density at radius 1 is 1.47 bits per heavy atom. The van der Waals surface area contributed by atoms with E-state index in [1.807, 2.05) is 30.3 Å². The average molecular weight is 204 g/mol. The van der Waals surface area contributed by atoms with Gasteiger partial charge < -0.3 is 10.1 Å². The number of benzene rings is 1. The van der Waals surface area contributed by atoms with Crippen LogP contribution in [0.3, 0.4) is 0 Å². The highest BCUT2D eigenvalue weighted by Gasteiger charge is 2.04. The first-order chi connectivity index (χ1) is 7.27. The molecule has 3 heteroatoms. The molecule has 0 amide bonds. The minimum Gasteiger partial charge on any atom is -0.477 e. The molecule has 3 nitrogen and oxygen atoms in total. The number of anilines is 1. The SMILES string of the molecule is CCC(C)Nc1ccccc1OCC#N. The van der Waals surface area contributed by atoms with Gasteiger partial charge in [-0.05, 0) is 25.5 Å². The predicted molar refractivity (Wildman–Crippen MR) is 60.9 cm³/mol. The van der Waals surface area contributed by atoms with Crippen LogP contribution in [0.4, 0.5) is 5.69 Å². The average Bonchev–Trinajstić information content (AvgIpc) is 2.28. The molecule has 0 heterocycles. The Labute approximate surface area is 90.7 Å². The summed E-state index contributed by atoms with van der Waals surface area (Å²) in [6.07, 6.45) is 1.05. The van der Waals surface area contributed by atoms with E-state index in [2.05, 4.69) is 19.2 Å². The van der Waals surface area contributed by atoms with Crippen molar-refractivity contribution in [2.24, 2.45) is 0 Å². The molecule has 1 unspecified atom stereocenters. The highest BCUT2D eigenvalue weighted by Crippen LogP contribution is 2.24. The molecule has 0 aliphatic rings. The lowest BCUT2D eigenvalue weighted by molar-refractivity contribution is 0.369. The topological polar surface area (TPSA) is 45.0 Å². The van der Waals surface area contributed by atoms with E-state index in [0.29, 0.717) is 6.04 Å². The van der Waals surface area contributed by atoms with Crippen LogP contribution in [-0.2, 0) is 0 Å². The summed E-state index contributed by atoms with van der Waals surface area (Å²) in [6.45, 7) is 4.32. The summed E-state index contributed by atoms with van der Waals surface area (Å²) in [4.78, 5) is 0. The fraction of sp³-hybridized carbons (Fsp3) is 0.417. The van der Waals surface area contributed by atoms with Gasteiger partial charge in [-0.3, -0.25) is 0 Å². The van der Waals surface area contributed by atoms with Gasteiger partial charge in [-0.15, -0.1) is 0 Å². The highest BCUT2D eigenvalue weighted by atomic mass is 16.5. The lowest BCUT2D eigenvalue weighted by Gasteiger charge is -2.15. The van der Waals surface area contributed by atoms with Crippen molar-refractivity contribution in [3.05, 3.63) is 24.3 Å². The summed E-state index contributed by atoms with van der Waals surface area (Å²) in [5.41, 5.74) is 0.946. The first-order valence-electron chi connectivity index (χ1n) is 5.13. The molecule has 0 aromatic heterocycles. The molecular weight excluding hydrogens is 188 g/mol. The molecule has 0 saturated carbocycles. The summed E-state index contributed by atoms with van der Waals surface area (Å²) < 4.78 is 5.31. The van der Waals surface area contributed by atoms with Gasteiger partial charge in [-0.25, -0.2) is 0 Å². The van der Waals surface area contributed by atoms with Crippen LogP contribution in [0.1, 0.15) is 20.3 Å². The quantitative estimate of drug-likeness (QED) is 0.802. The molecule has 0 aliphatic carbocycles. The molecular formula is C12H16N2O. The standard InChI is InChI=1S/C12H16N2O/c1-3-10(2)14-11-6-4-5-7-12(11)15-9-8-13/h4-7,10,14H,3,9H2,1-2H3. The van der Waals surface area contributed by atoms with Crippen LogP contribution in [0.5, 0.6) is 5.75 Å². The van der Waals surface area contributed by atoms with E-state index in [1.54, 1.807) is 0 Å². The van der Waals surface area contributed by atoms with E-state index in [9.17, 15) is 0 Å². The second-order valence-electron chi connectivity index (χ2n) is 3.40. The zero-order valence-corrected chi connectivity index (χ0v) is 9.16. The summed E-state index contributed by atoms with van der Waals surface area (Å²) in [5, 5.41) is 11.8. The van der Waals surface area contributed by atoms with Gasteiger partial charge in [0.1, 0.15) is 11.8 Å². The molecule has 1 rings (SSSR count). The van der Waals surface area contributed by atoms with Gasteiger partial charge >= 0.3 is 0 Å². The van der Waals surface area contributed by atoms with Crippen LogP contribution in [0.25, 0.3) is 0 Å². The summed E-state index contributed by atoms with van der Waals surface area (Å²) in [6, 6.07) is 10.0. The maximum Gasteiger partial charge on any atom is 0.174 e. The monoisotopic (exact) mass is 204 g/mol. The fourth-order valence-electron chi connectivity index (χ4n) is 1.19. The van der Waals surface area contributed by atoms with Crippen molar-refractivity contribution in [1.82, 2.24) is 0 Å². The van der Waals surface area contributed by atoms with Crippen LogP contribution in [0, 0.1) is 11.3 Å². The first kappa shape index (κ1) is 11.4. The number of nitriles is 1. The number of hydrogen-bond donors (Lipinski definition) is 1. The number of nitrogens with zero attached hydrogens (tertiary/aromatic N) is 1. The third kappa shape index (κ3) is 3.51. The second kappa shape index (κ2) is 5.92. The van der Waals surface area contributed by atoms with Gasteiger partial charge in [0.15, 0.2) is 6.61 Å². The number of para-hydroxylation sites is 2. The smallest absolute Gasteiger partial charge is 0.174 e. The lowest BCUT2D eigenvalue weighted by atomic mass is 10.2. The zero-order chi connectivity index (χ0) is 11.1. The van der Waals surface area contributed by atoms with Crippen LogP contribution >= 0.6 is 0 Å². The molecule has 1 aromatic rings. The molecule has 0 radical (unpaired) electrons. The fourth-order valence-corrected chi connectivity index (χ4v) is 1.19. The maximum absolute atomic E-state index is 8.45. The van der Waals surface area contributed by atoms with Crippen molar-refractivity contribution in [2.45, 2.75) is 26.3 Å². The second-order valence-corrected chi connectivity index (χ2v) is 3.40. The van der Waals surface area contributed by atoms with Crippen molar-refractivity contribution in [2.75, 3.05) is 11.9 Å². The van der Waals surface area contributed by atoms with Gasteiger partial charge in [0.25, 0.3) is 0 Å².